The van der Waals surface area contributed by atoms with Gasteiger partial charge in [0, 0.05) is 36.6 Å². The molecule has 0 saturated carbocycles. The topological polar surface area (TPSA) is 76.2 Å². The van der Waals surface area contributed by atoms with Gasteiger partial charge in [-0.1, -0.05) is 18.2 Å². The Balaban J connectivity index is 1.96. The molecule has 1 unspecified atom stereocenters. The number of hydrogen-bond acceptors (Lipinski definition) is 4. The van der Waals surface area contributed by atoms with Crippen LogP contribution in [0.2, 0.25) is 0 Å². The number of hydrogen-bond donors (Lipinski definition) is 1. The Morgan fingerprint density at radius 3 is 2.35 bits per heavy atom. The molecule has 2 aromatic rings. The fourth-order valence-corrected chi connectivity index (χ4v) is 4.10. The number of pyridine rings is 1. The highest BCUT2D eigenvalue weighted by atomic mass is 32.2. The van der Waals surface area contributed by atoms with Gasteiger partial charge in [0.05, 0.1) is 4.90 Å². The zero-order chi connectivity index (χ0) is 18.7. The Kier molecular flexibility index (Phi) is 5.63. The molecule has 5 nitrogen and oxygen atoms in total. The van der Waals surface area contributed by atoms with E-state index in [4.69, 9.17) is 4.74 Å². The summed E-state index contributed by atoms with van der Waals surface area (Å²) in [6.45, 7) is 3.33. The van der Waals surface area contributed by atoms with Gasteiger partial charge in [0.1, 0.15) is 0 Å². The zero-order valence-electron chi connectivity index (χ0n) is 15.2. The predicted octanol–water partition coefficient (Wildman–Crippen LogP) is 3.04. The molecule has 1 aromatic carbocycles. The Labute approximate surface area is 154 Å². The maximum Gasteiger partial charge on any atom is 0.251 e. The lowest BCUT2D eigenvalue weighted by molar-refractivity contribution is 0.0626. The molecule has 0 spiro atoms. The second-order valence-corrected chi connectivity index (χ2v) is 9.13. The fourth-order valence-electron chi connectivity index (χ4n) is 3.47. The van der Waals surface area contributed by atoms with Gasteiger partial charge in [-0.05, 0) is 55.9 Å². The van der Waals surface area contributed by atoms with Crippen LogP contribution in [0.1, 0.15) is 42.0 Å². The maximum atomic E-state index is 12.1. The molecule has 1 saturated heterocycles. The van der Waals surface area contributed by atoms with Gasteiger partial charge in [0.25, 0.3) is 5.56 Å². The molecule has 140 valence electrons. The molecule has 0 amide bonds. The van der Waals surface area contributed by atoms with Gasteiger partial charge in [-0.15, -0.1) is 0 Å². The number of H-pyrrole nitrogens is 1. The van der Waals surface area contributed by atoms with Gasteiger partial charge >= 0.3 is 0 Å². The predicted molar refractivity (Wildman–Crippen MR) is 101 cm³/mol. The van der Waals surface area contributed by atoms with E-state index in [0.717, 1.165) is 43.7 Å². The van der Waals surface area contributed by atoms with E-state index in [9.17, 15) is 13.2 Å². The highest BCUT2D eigenvalue weighted by Gasteiger charge is 2.23. The van der Waals surface area contributed by atoms with Crippen LogP contribution in [0, 0.1) is 12.8 Å². The molecule has 2 heterocycles. The van der Waals surface area contributed by atoms with Crippen LogP contribution in [0.3, 0.4) is 0 Å². The Bertz CT molecular complexity index is 910. The number of aryl methyl sites for hydroxylation is 1. The first-order chi connectivity index (χ1) is 12.3. The summed E-state index contributed by atoms with van der Waals surface area (Å²) in [4.78, 5) is 15.4. The van der Waals surface area contributed by atoms with Gasteiger partial charge in [0.2, 0.25) is 0 Å². The molecule has 1 N–H and O–H groups in total. The monoisotopic (exact) mass is 375 g/mol. The van der Waals surface area contributed by atoms with Crippen molar-refractivity contribution in [3.63, 3.8) is 0 Å². The maximum absolute atomic E-state index is 12.1. The zero-order valence-corrected chi connectivity index (χ0v) is 16.0. The Morgan fingerprint density at radius 2 is 1.77 bits per heavy atom. The molecule has 0 bridgehead atoms. The highest BCUT2D eigenvalue weighted by Crippen LogP contribution is 2.33. The van der Waals surface area contributed by atoms with Crippen LogP contribution in [-0.2, 0) is 14.6 Å². The van der Waals surface area contributed by atoms with Crippen LogP contribution in [0.25, 0.3) is 0 Å². The molecule has 3 rings (SSSR count). The molecule has 1 aliphatic rings. The number of rotatable bonds is 5. The van der Waals surface area contributed by atoms with Gasteiger partial charge in [-0.3, -0.25) is 4.79 Å². The first-order valence-electron chi connectivity index (χ1n) is 8.92. The third-order valence-electron chi connectivity index (χ3n) is 5.12. The van der Waals surface area contributed by atoms with Crippen molar-refractivity contribution in [2.75, 3.05) is 19.5 Å². The number of benzene rings is 1. The lowest BCUT2D eigenvalue weighted by Gasteiger charge is -2.27. The summed E-state index contributed by atoms with van der Waals surface area (Å²) in [6.07, 6.45) is 4.13. The van der Waals surface area contributed by atoms with Crippen molar-refractivity contribution in [3.05, 3.63) is 63.6 Å². The fraction of sp³-hybridized carbons (Fsp3) is 0.450. The van der Waals surface area contributed by atoms with Crippen molar-refractivity contribution < 1.29 is 13.2 Å². The van der Waals surface area contributed by atoms with E-state index < -0.39 is 9.84 Å². The summed E-state index contributed by atoms with van der Waals surface area (Å²) in [5.74, 6) is 0.549. The van der Waals surface area contributed by atoms with Crippen LogP contribution in [0.5, 0.6) is 0 Å². The summed E-state index contributed by atoms with van der Waals surface area (Å²) in [6, 6.07) is 10.8. The second kappa shape index (κ2) is 7.76. The summed E-state index contributed by atoms with van der Waals surface area (Å²) in [5, 5.41) is 0. The van der Waals surface area contributed by atoms with E-state index >= 15 is 0 Å². The summed E-state index contributed by atoms with van der Waals surface area (Å²) < 4.78 is 28.9. The third-order valence-corrected chi connectivity index (χ3v) is 6.25. The normalized spacial score (nSPS) is 17.2. The van der Waals surface area contributed by atoms with E-state index in [0.29, 0.717) is 16.4 Å². The van der Waals surface area contributed by atoms with E-state index in [2.05, 4.69) is 4.98 Å². The Hall–Kier alpha value is -1.92. The summed E-state index contributed by atoms with van der Waals surface area (Å²) in [7, 11) is -3.22. The van der Waals surface area contributed by atoms with Crippen molar-refractivity contribution in [3.8, 4) is 0 Å². The van der Waals surface area contributed by atoms with Crippen molar-refractivity contribution in [1.82, 2.24) is 4.98 Å². The molecular weight excluding hydrogens is 350 g/mol. The van der Waals surface area contributed by atoms with Crippen molar-refractivity contribution >= 4 is 9.84 Å². The van der Waals surface area contributed by atoms with E-state index in [1.54, 1.807) is 19.1 Å². The first kappa shape index (κ1) is 18.9. The average Bonchev–Trinajstić information content (AvgIpc) is 2.62. The number of ether oxygens (including phenoxy) is 1. The molecule has 0 radical (unpaired) electrons. The third kappa shape index (κ3) is 4.43. The van der Waals surface area contributed by atoms with E-state index in [-0.39, 0.29) is 11.5 Å². The summed E-state index contributed by atoms with van der Waals surface area (Å²) >= 11 is 0. The molecule has 26 heavy (non-hydrogen) atoms. The number of aromatic amines is 1. The molecule has 1 aliphatic heterocycles. The minimum Gasteiger partial charge on any atom is -0.381 e. The van der Waals surface area contributed by atoms with Crippen molar-refractivity contribution in [2.45, 2.75) is 37.0 Å². The average molecular weight is 375 g/mol. The second-order valence-electron chi connectivity index (χ2n) is 7.11. The first-order valence-corrected chi connectivity index (χ1v) is 10.8. The van der Waals surface area contributed by atoms with E-state index in [1.807, 2.05) is 24.3 Å². The van der Waals surface area contributed by atoms with Crippen LogP contribution < -0.4 is 5.56 Å². The minimum absolute atomic E-state index is 0.0278. The Morgan fingerprint density at radius 1 is 1.12 bits per heavy atom. The number of sulfone groups is 1. The minimum atomic E-state index is -3.22. The SMILES string of the molecule is Cc1ccc(C(CC2CCOCC2)c2ccc(S(C)(=O)=O)cc2)[nH]c1=O. The number of aromatic nitrogens is 1. The molecule has 1 atom stereocenters. The molecule has 1 fully saturated rings. The lowest BCUT2D eigenvalue weighted by atomic mass is 9.83. The van der Waals surface area contributed by atoms with E-state index in [1.165, 1.54) is 6.26 Å². The van der Waals surface area contributed by atoms with Gasteiger partial charge < -0.3 is 9.72 Å². The van der Waals surface area contributed by atoms with Crippen LogP contribution >= 0.6 is 0 Å². The molecule has 0 aliphatic carbocycles. The van der Waals surface area contributed by atoms with Crippen LogP contribution in [0.15, 0.2) is 46.1 Å². The lowest BCUT2D eigenvalue weighted by Crippen LogP contribution is -2.21. The smallest absolute Gasteiger partial charge is 0.251 e. The van der Waals surface area contributed by atoms with Crippen molar-refractivity contribution in [2.24, 2.45) is 5.92 Å². The van der Waals surface area contributed by atoms with Gasteiger partial charge in [-0.2, -0.15) is 0 Å². The summed E-state index contributed by atoms with van der Waals surface area (Å²) in [5.41, 5.74) is 2.50. The quantitative estimate of drug-likeness (QED) is 0.871. The molecule has 1 aromatic heterocycles. The molecular formula is C20H25NO4S. The van der Waals surface area contributed by atoms with Crippen LogP contribution in [-0.4, -0.2) is 32.9 Å². The highest BCUT2D eigenvalue weighted by molar-refractivity contribution is 7.90. The molecule has 6 heteroatoms. The number of nitrogens with one attached hydrogen (secondary N) is 1. The van der Waals surface area contributed by atoms with Gasteiger partial charge in [0.15, 0.2) is 9.84 Å². The standard InChI is InChI=1S/C20H25NO4S/c1-14-3-8-19(21-20(14)22)18(13-15-9-11-25-12-10-15)16-4-6-17(7-5-16)26(2,23)24/h3-8,15,18H,9-13H2,1-2H3,(H,21,22). The largest absolute Gasteiger partial charge is 0.381 e. The van der Waals surface area contributed by atoms with Crippen LogP contribution in [0.4, 0.5) is 0 Å². The van der Waals surface area contributed by atoms with Gasteiger partial charge in [-0.25, -0.2) is 8.42 Å². The van der Waals surface area contributed by atoms with Crippen molar-refractivity contribution in [1.29, 1.82) is 0 Å².